The Balaban J connectivity index is 1.06. The largest absolute Gasteiger partial charge is 0.254 e. The third kappa shape index (κ3) is 4.67. The second kappa shape index (κ2) is 11.4. The molecular weight excluding hydrogens is 611 g/mol. The Bertz CT molecular complexity index is 2900. The molecular formula is C45H27N5. The van der Waals surface area contributed by atoms with E-state index < -0.39 is 0 Å². The zero-order chi connectivity index (χ0) is 33.0. The maximum absolute atomic E-state index is 5.20. The van der Waals surface area contributed by atoms with Crippen molar-refractivity contribution < 1.29 is 0 Å². The van der Waals surface area contributed by atoms with Crippen molar-refractivity contribution in [3.05, 3.63) is 164 Å². The smallest absolute Gasteiger partial charge is 0.0978 e. The van der Waals surface area contributed by atoms with Gasteiger partial charge in [0.05, 0.1) is 50.4 Å². The first kappa shape index (κ1) is 28.2. The second-order valence-electron chi connectivity index (χ2n) is 12.5. The molecule has 0 spiro atoms. The van der Waals surface area contributed by atoms with Crippen molar-refractivity contribution in [3.8, 4) is 45.0 Å². The van der Waals surface area contributed by atoms with Gasteiger partial charge < -0.3 is 0 Å². The second-order valence-corrected chi connectivity index (χ2v) is 12.5. The first-order chi connectivity index (χ1) is 24.8. The molecule has 5 aromatic heterocycles. The Hall–Kier alpha value is -6.85. The highest BCUT2D eigenvalue weighted by molar-refractivity contribution is 6.16. The molecule has 0 saturated heterocycles. The van der Waals surface area contributed by atoms with Gasteiger partial charge in [-0.3, -0.25) is 4.98 Å². The predicted octanol–water partition coefficient (Wildman–Crippen LogP) is 11.1. The summed E-state index contributed by atoms with van der Waals surface area (Å²) in [6.07, 6.45) is 1.88. The van der Waals surface area contributed by atoms with Crippen LogP contribution in [0.2, 0.25) is 0 Å². The lowest BCUT2D eigenvalue weighted by Crippen LogP contribution is -1.94. The average molecular weight is 638 g/mol. The monoisotopic (exact) mass is 637 g/mol. The van der Waals surface area contributed by atoms with Crippen LogP contribution in [0.3, 0.4) is 0 Å². The van der Waals surface area contributed by atoms with Crippen LogP contribution in [0.25, 0.3) is 99.5 Å². The van der Waals surface area contributed by atoms with Crippen LogP contribution in [0.5, 0.6) is 0 Å². The normalized spacial score (nSPS) is 11.6. The molecule has 50 heavy (non-hydrogen) atoms. The molecule has 0 atom stereocenters. The van der Waals surface area contributed by atoms with Crippen LogP contribution >= 0.6 is 0 Å². The maximum Gasteiger partial charge on any atom is 0.0978 e. The molecule has 0 amide bonds. The van der Waals surface area contributed by atoms with E-state index in [2.05, 4.69) is 121 Å². The van der Waals surface area contributed by atoms with Gasteiger partial charge in [-0.2, -0.15) is 0 Å². The molecule has 0 bridgehead atoms. The van der Waals surface area contributed by atoms with E-state index in [9.17, 15) is 0 Å². The summed E-state index contributed by atoms with van der Waals surface area (Å²) in [5.41, 5.74) is 12.2. The zero-order valence-electron chi connectivity index (χ0n) is 26.8. The van der Waals surface area contributed by atoms with E-state index in [0.717, 1.165) is 94.0 Å². The molecule has 0 aliphatic rings. The van der Waals surface area contributed by atoms with Gasteiger partial charge in [0.25, 0.3) is 0 Å². The van der Waals surface area contributed by atoms with Crippen molar-refractivity contribution >= 4 is 54.5 Å². The van der Waals surface area contributed by atoms with E-state index >= 15 is 0 Å². The SMILES string of the molecule is c1ccc(-c2ccc3ccc4ccc(-c5ccc(-c6ccc7ccc8c(-c9ccccc9)c9ccccc9nc8c7n6)cn5)nc4c3n2)cc1. The summed E-state index contributed by atoms with van der Waals surface area (Å²) in [5, 5.41) is 5.35. The molecule has 0 N–H and O–H groups in total. The number of benzene rings is 5. The highest BCUT2D eigenvalue weighted by atomic mass is 14.8. The van der Waals surface area contributed by atoms with Gasteiger partial charge in [-0.1, -0.05) is 121 Å². The van der Waals surface area contributed by atoms with Crippen LogP contribution in [-0.2, 0) is 0 Å². The van der Waals surface area contributed by atoms with Crippen LogP contribution in [0, 0.1) is 0 Å². The number of para-hydroxylation sites is 1. The number of hydrogen-bond acceptors (Lipinski definition) is 5. The van der Waals surface area contributed by atoms with Gasteiger partial charge in [0.2, 0.25) is 0 Å². The third-order valence-corrected chi connectivity index (χ3v) is 9.48. The Morgan fingerprint density at radius 2 is 0.820 bits per heavy atom. The minimum Gasteiger partial charge on any atom is -0.254 e. The summed E-state index contributed by atoms with van der Waals surface area (Å²) in [6.45, 7) is 0. The van der Waals surface area contributed by atoms with Crippen molar-refractivity contribution in [1.29, 1.82) is 0 Å². The first-order valence-electron chi connectivity index (χ1n) is 16.7. The average Bonchev–Trinajstić information content (AvgIpc) is 3.20. The van der Waals surface area contributed by atoms with E-state index in [4.69, 9.17) is 24.9 Å². The van der Waals surface area contributed by atoms with Crippen molar-refractivity contribution in [2.45, 2.75) is 0 Å². The Labute approximate surface area is 287 Å². The molecule has 0 aliphatic carbocycles. The van der Waals surface area contributed by atoms with Crippen LogP contribution < -0.4 is 0 Å². The molecule has 0 aliphatic heterocycles. The van der Waals surface area contributed by atoms with Gasteiger partial charge in [0.15, 0.2) is 0 Å². The van der Waals surface area contributed by atoms with Crippen molar-refractivity contribution in [2.75, 3.05) is 0 Å². The lowest BCUT2D eigenvalue weighted by molar-refractivity contribution is 1.26. The summed E-state index contributed by atoms with van der Waals surface area (Å²) >= 11 is 0. The maximum atomic E-state index is 5.20. The summed E-state index contributed by atoms with van der Waals surface area (Å²) in [6, 6.07) is 54.2. The van der Waals surface area contributed by atoms with Crippen LogP contribution in [0.4, 0.5) is 0 Å². The van der Waals surface area contributed by atoms with E-state index in [1.54, 1.807) is 0 Å². The minimum absolute atomic E-state index is 0.791. The predicted molar refractivity (Wildman–Crippen MR) is 205 cm³/mol. The lowest BCUT2D eigenvalue weighted by atomic mass is 9.95. The highest BCUT2D eigenvalue weighted by Gasteiger charge is 2.15. The van der Waals surface area contributed by atoms with E-state index in [1.807, 2.05) is 42.6 Å². The molecule has 0 fully saturated rings. The molecule has 5 heterocycles. The molecule has 10 rings (SSSR count). The summed E-state index contributed by atoms with van der Waals surface area (Å²) in [5.74, 6) is 0. The van der Waals surface area contributed by atoms with Gasteiger partial charge in [0.1, 0.15) is 0 Å². The van der Waals surface area contributed by atoms with Crippen LogP contribution in [0.1, 0.15) is 0 Å². The van der Waals surface area contributed by atoms with Gasteiger partial charge in [-0.25, -0.2) is 19.9 Å². The number of fused-ring (bicyclic) bond motifs is 7. The fourth-order valence-corrected chi connectivity index (χ4v) is 6.99. The summed E-state index contributed by atoms with van der Waals surface area (Å²) < 4.78 is 0. The molecule has 0 unspecified atom stereocenters. The summed E-state index contributed by atoms with van der Waals surface area (Å²) in [4.78, 5) is 25.4. The third-order valence-electron chi connectivity index (χ3n) is 9.48. The van der Waals surface area contributed by atoms with E-state index in [1.165, 1.54) is 5.56 Å². The standard InChI is InChI=1S/C45H27N5/c1-3-9-28(10-4-1)36-23-18-30-15-16-31-20-26-40(50-43(31)42(30)47-36)39-25-21-33(27-46-39)37-24-19-32-17-22-35-41(29-11-5-2-6-12-29)34-13-7-8-14-38(34)49-45(35)44(32)48-37/h1-27H. The highest BCUT2D eigenvalue weighted by Crippen LogP contribution is 2.38. The molecule has 5 aromatic carbocycles. The summed E-state index contributed by atoms with van der Waals surface area (Å²) in [7, 11) is 0. The van der Waals surface area contributed by atoms with E-state index in [0.29, 0.717) is 0 Å². The fourth-order valence-electron chi connectivity index (χ4n) is 6.99. The van der Waals surface area contributed by atoms with Gasteiger partial charge in [0, 0.05) is 49.8 Å². The van der Waals surface area contributed by atoms with Crippen molar-refractivity contribution in [2.24, 2.45) is 0 Å². The molecule has 0 radical (unpaired) electrons. The Kier molecular flexibility index (Phi) is 6.42. The van der Waals surface area contributed by atoms with Gasteiger partial charge in [-0.05, 0) is 42.0 Å². The van der Waals surface area contributed by atoms with Crippen LogP contribution in [-0.4, -0.2) is 24.9 Å². The first-order valence-corrected chi connectivity index (χ1v) is 16.7. The Morgan fingerprint density at radius 1 is 0.300 bits per heavy atom. The molecule has 10 aromatic rings. The quantitative estimate of drug-likeness (QED) is 0.142. The van der Waals surface area contributed by atoms with E-state index in [-0.39, 0.29) is 0 Å². The topological polar surface area (TPSA) is 64.5 Å². The molecule has 232 valence electrons. The van der Waals surface area contributed by atoms with Gasteiger partial charge in [-0.15, -0.1) is 0 Å². The van der Waals surface area contributed by atoms with Crippen LogP contribution in [0.15, 0.2) is 164 Å². The lowest BCUT2D eigenvalue weighted by Gasteiger charge is -2.13. The molecule has 0 saturated carbocycles. The van der Waals surface area contributed by atoms with Crippen molar-refractivity contribution in [1.82, 2.24) is 24.9 Å². The van der Waals surface area contributed by atoms with Gasteiger partial charge >= 0.3 is 0 Å². The number of hydrogen-bond donors (Lipinski definition) is 0. The zero-order valence-corrected chi connectivity index (χ0v) is 26.8. The molecule has 5 nitrogen and oxygen atoms in total. The minimum atomic E-state index is 0.791. The molecule has 5 heteroatoms. The Morgan fingerprint density at radius 3 is 1.50 bits per heavy atom. The van der Waals surface area contributed by atoms with Crippen molar-refractivity contribution in [3.63, 3.8) is 0 Å². The number of pyridine rings is 5. The fraction of sp³-hybridized carbons (Fsp3) is 0. The number of rotatable bonds is 4. The number of nitrogens with zero attached hydrogens (tertiary/aromatic N) is 5. The number of aromatic nitrogens is 5.